The van der Waals surface area contributed by atoms with Gasteiger partial charge in [-0.05, 0) is 90.8 Å². The first kappa shape index (κ1) is 37.9. The van der Waals surface area contributed by atoms with Crippen molar-refractivity contribution in [1.29, 1.82) is 0 Å². The molecule has 6 heterocycles. The number of aliphatic hydroxyl groups excluding tert-OH is 2. The molecule has 12 heteroatoms. The van der Waals surface area contributed by atoms with Gasteiger partial charge in [0, 0.05) is 54.6 Å². The normalized spacial score (nSPS) is 30.2. The van der Waals surface area contributed by atoms with Gasteiger partial charge in [0.05, 0.1) is 11.4 Å². The molecule has 1 fully saturated rings. The van der Waals surface area contributed by atoms with E-state index in [0.29, 0.717) is 49.0 Å². The molecule has 3 aromatic carbocycles. The van der Waals surface area contributed by atoms with Gasteiger partial charge in [-0.1, -0.05) is 67.3 Å². The van der Waals surface area contributed by atoms with Gasteiger partial charge in [-0.25, -0.2) is 4.99 Å². The zero-order valence-electron chi connectivity index (χ0n) is 30.3. The van der Waals surface area contributed by atoms with E-state index in [2.05, 4.69) is 16.8 Å². The van der Waals surface area contributed by atoms with Crippen LogP contribution in [0.5, 0.6) is 11.5 Å². The molecule has 0 aromatic heterocycles. The lowest BCUT2D eigenvalue weighted by Crippen LogP contribution is -2.39. The molecule has 3 aromatic rings. The maximum atomic E-state index is 13.8. The van der Waals surface area contributed by atoms with E-state index in [-0.39, 0.29) is 61.4 Å². The number of allylic oxidation sites excluding steroid dienone is 1. The number of hydrogen-bond acceptors (Lipinski definition) is 8. The Morgan fingerprint density at radius 2 is 1.76 bits per heavy atom. The third-order valence-electron chi connectivity index (χ3n) is 11.9. The quantitative estimate of drug-likeness (QED) is 0.0600. The molecule has 0 radical (unpaired) electrons. The number of phenols is 1. The second-order valence-corrected chi connectivity index (χ2v) is 16.8. The minimum atomic E-state index is -4.61. The Morgan fingerprint density at radius 3 is 2.43 bits per heavy atom. The van der Waals surface area contributed by atoms with Gasteiger partial charge in [0.15, 0.2) is 5.96 Å². The van der Waals surface area contributed by atoms with Gasteiger partial charge in [-0.3, -0.25) is 4.55 Å². The molecule has 9 unspecified atom stereocenters. The number of aromatic hydroxyl groups is 1. The van der Waals surface area contributed by atoms with E-state index in [0.717, 1.165) is 22.3 Å². The number of guanidine groups is 1. The van der Waals surface area contributed by atoms with E-state index in [4.69, 9.17) is 20.9 Å². The summed E-state index contributed by atoms with van der Waals surface area (Å²) in [6, 6.07) is 20.2. The molecule has 1 saturated heterocycles. The lowest BCUT2D eigenvalue weighted by atomic mass is 9.65. The molecule has 0 spiro atoms. The molecule has 8 bridgehead atoms. The summed E-state index contributed by atoms with van der Waals surface area (Å²) in [5.74, 6) is 5.11. The highest BCUT2D eigenvalue weighted by molar-refractivity contribution is 7.86. The van der Waals surface area contributed by atoms with E-state index in [1.54, 1.807) is 12.1 Å². The fraction of sp³-hybridized carbons (Fsp3) is 0.452. The predicted molar refractivity (Wildman–Crippen MR) is 205 cm³/mol. The summed E-state index contributed by atoms with van der Waals surface area (Å²) in [5, 5.41) is 29.8. The van der Waals surface area contributed by atoms with Crippen molar-refractivity contribution in [3.05, 3.63) is 106 Å². The third-order valence-corrected chi connectivity index (χ3v) is 13.1. The number of hydrogen-bond donors (Lipinski definition) is 6. The maximum absolute atomic E-state index is 13.8. The highest BCUT2D eigenvalue weighted by Gasteiger charge is 2.48. The lowest BCUT2D eigenvalue weighted by molar-refractivity contribution is -0.0416. The van der Waals surface area contributed by atoms with E-state index in [9.17, 15) is 28.3 Å². The zero-order valence-corrected chi connectivity index (χ0v) is 31.2. The van der Waals surface area contributed by atoms with Crippen LogP contribution in [0.3, 0.4) is 0 Å². The SMILES string of the molecule is CCC1CC(S(=O)(=O)O)C2C=C3CC(CC4OC3c3ccc(O)cc3C#CCC4CO)C2c2ccc(cc2)C(CCCO)(N=C(N)N)Oc2ccc1cc2. The molecular weight excluding hydrogens is 707 g/mol. The van der Waals surface area contributed by atoms with Crippen LogP contribution < -0.4 is 16.2 Å². The summed E-state index contributed by atoms with van der Waals surface area (Å²) >= 11 is 0. The highest BCUT2D eigenvalue weighted by Crippen LogP contribution is 2.54. The van der Waals surface area contributed by atoms with Crippen LogP contribution in [0.1, 0.15) is 97.6 Å². The number of benzene rings is 3. The minimum Gasteiger partial charge on any atom is -0.508 e. The molecule has 1 aliphatic carbocycles. The maximum Gasteiger partial charge on any atom is 0.268 e. The first-order valence-electron chi connectivity index (χ1n) is 18.8. The second-order valence-electron chi connectivity index (χ2n) is 15.2. The van der Waals surface area contributed by atoms with Gasteiger partial charge < -0.3 is 36.3 Å². The predicted octanol–water partition coefficient (Wildman–Crippen LogP) is 5.36. The van der Waals surface area contributed by atoms with E-state index < -0.39 is 39.2 Å². The smallest absolute Gasteiger partial charge is 0.268 e. The van der Waals surface area contributed by atoms with Crippen molar-refractivity contribution in [2.75, 3.05) is 13.2 Å². The highest BCUT2D eigenvalue weighted by atomic mass is 32.2. The largest absolute Gasteiger partial charge is 0.508 e. The van der Waals surface area contributed by atoms with Crippen LogP contribution in [0.25, 0.3) is 0 Å². The molecule has 9 atom stereocenters. The van der Waals surface area contributed by atoms with Crippen molar-refractivity contribution in [3.8, 4) is 23.3 Å². The molecule has 286 valence electrons. The van der Waals surface area contributed by atoms with Crippen molar-refractivity contribution < 1.29 is 37.8 Å². The van der Waals surface area contributed by atoms with Gasteiger partial charge in [0.1, 0.15) is 17.6 Å². The first-order chi connectivity index (χ1) is 25.9. The molecule has 10 rings (SSSR count). The molecule has 54 heavy (non-hydrogen) atoms. The monoisotopic (exact) mass is 755 g/mol. The van der Waals surface area contributed by atoms with E-state index in [1.165, 1.54) is 0 Å². The first-order valence-corrected chi connectivity index (χ1v) is 20.3. The summed E-state index contributed by atoms with van der Waals surface area (Å²) in [6.07, 6.45) is 3.90. The number of aliphatic hydroxyl groups is 2. The van der Waals surface area contributed by atoms with Crippen molar-refractivity contribution in [1.82, 2.24) is 0 Å². The number of ether oxygens (including phenoxy) is 2. The third kappa shape index (κ3) is 7.48. The van der Waals surface area contributed by atoms with Gasteiger partial charge in [-0.2, -0.15) is 8.42 Å². The van der Waals surface area contributed by atoms with Gasteiger partial charge in [-0.15, -0.1) is 0 Å². The fourth-order valence-corrected chi connectivity index (χ4v) is 10.4. The summed E-state index contributed by atoms with van der Waals surface area (Å²) in [5.41, 5.74) is 15.3. The molecule has 6 aliphatic heterocycles. The molecular formula is C42H49N3O8S. The molecule has 0 saturated carbocycles. The van der Waals surface area contributed by atoms with Crippen molar-refractivity contribution in [3.63, 3.8) is 0 Å². The number of nitrogens with two attached hydrogens (primary N) is 2. The summed E-state index contributed by atoms with van der Waals surface area (Å²) < 4.78 is 52.3. The van der Waals surface area contributed by atoms with Crippen LogP contribution >= 0.6 is 0 Å². The average Bonchev–Trinajstić information content (AvgIpc) is 3.23. The van der Waals surface area contributed by atoms with Crippen molar-refractivity contribution in [2.45, 2.75) is 86.9 Å². The standard InChI is InChI=1S/C42H49N3O8S/c1-2-25-23-38(54(49,50)51)36-21-31-19-30(22-37-29(24-47)6-3-5-28-20-33(48)13-16-35(28)40(31)52-37)39(36)27-7-11-32(12-8-27)42(17-4-18-46,45-41(43)44)53-34-14-9-26(25)10-15-34/h7-16,20-21,25,29-30,36-40,46-48H,2,4,6,17-19,22-24H2,1H3,(H4,43,44,45)(H,49,50,51). The molecule has 8 N–H and O–H groups in total. The van der Waals surface area contributed by atoms with Crippen molar-refractivity contribution >= 4 is 16.1 Å². The summed E-state index contributed by atoms with van der Waals surface area (Å²) in [7, 11) is -4.61. The Bertz CT molecular complexity index is 2070. The van der Waals surface area contributed by atoms with Crippen LogP contribution in [0.2, 0.25) is 0 Å². The van der Waals surface area contributed by atoms with Crippen LogP contribution in [0.15, 0.2) is 83.4 Å². The van der Waals surface area contributed by atoms with Crippen LogP contribution in [0.4, 0.5) is 0 Å². The number of phenolic OH excluding ortho intramolecular Hbond substituents is 1. The van der Waals surface area contributed by atoms with Gasteiger partial charge in [0.2, 0.25) is 5.72 Å². The topological polar surface area (TPSA) is 198 Å². The molecule has 11 nitrogen and oxygen atoms in total. The number of nitrogens with zero attached hydrogens (tertiary/aromatic N) is 1. The van der Waals surface area contributed by atoms with Gasteiger partial charge >= 0.3 is 0 Å². The fourth-order valence-electron chi connectivity index (χ4n) is 9.27. The van der Waals surface area contributed by atoms with Crippen LogP contribution in [0, 0.1) is 29.6 Å². The number of aliphatic imine (C=N–C) groups is 1. The summed E-state index contributed by atoms with van der Waals surface area (Å²) in [6.45, 7) is 1.76. The number of fused-ring (bicyclic) bond motifs is 7. The lowest BCUT2D eigenvalue weighted by Gasteiger charge is -2.41. The van der Waals surface area contributed by atoms with E-state index in [1.807, 2.05) is 67.6 Å². The Hall–Kier alpha value is -4.38. The van der Waals surface area contributed by atoms with Crippen molar-refractivity contribution in [2.24, 2.45) is 34.2 Å². The molecule has 7 aliphatic rings. The minimum absolute atomic E-state index is 0.0720. The number of rotatable bonds is 7. The Balaban J connectivity index is 1.46. The summed E-state index contributed by atoms with van der Waals surface area (Å²) in [4.78, 5) is 4.61. The zero-order chi connectivity index (χ0) is 38.2. The Labute approximate surface area is 316 Å². The second kappa shape index (κ2) is 15.4. The van der Waals surface area contributed by atoms with Crippen LogP contribution in [-0.4, -0.2) is 58.8 Å². The Kier molecular flexibility index (Phi) is 10.8. The van der Waals surface area contributed by atoms with Crippen LogP contribution in [-0.2, 0) is 20.6 Å². The molecule has 0 amide bonds. The average molecular weight is 756 g/mol. The van der Waals surface area contributed by atoms with Gasteiger partial charge in [0.25, 0.3) is 10.1 Å². The Morgan fingerprint density at radius 1 is 1.02 bits per heavy atom. The van der Waals surface area contributed by atoms with E-state index >= 15 is 0 Å².